The minimum Gasteiger partial charge on any atom is -0.322 e. The molecule has 0 aromatic rings. The number of carbonyl (C=O) groups is 2. The molecule has 4 rings (SSSR count). The highest BCUT2D eigenvalue weighted by Crippen LogP contribution is 2.59. The van der Waals surface area contributed by atoms with Crippen molar-refractivity contribution in [2.45, 2.75) is 38.5 Å². The van der Waals surface area contributed by atoms with Gasteiger partial charge in [0.15, 0.2) is 0 Å². The number of nitrogens with two attached hydrogens (primary N) is 1. The second-order valence-electron chi connectivity index (χ2n) is 6.40. The summed E-state index contributed by atoms with van der Waals surface area (Å²) in [5, 5.41) is 0. The lowest BCUT2D eigenvalue weighted by atomic mass is 9.49. The van der Waals surface area contributed by atoms with E-state index in [1.165, 1.54) is 19.3 Å². The molecule has 0 radical (unpaired) electrons. The summed E-state index contributed by atoms with van der Waals surface area (Å²) in [5.41, 5.74) is 9.96. The highest BCUT2D eigenvalue weighted by molar-refractivity contribution is 5.86. The number of hydrazine groups is 1. The molecule has 0 aliphatic heterocycles. The van der Waals surface area contributed by atoms with E-state index in [1.54, 1.807) is 0 Å². The van der Waals surface area contributed by atoms with E-state index < -0.39 is 0 Å². The molecule has 100 valence electrons. The summed E-state index contributed by atoms with van der Waals surface area (Å²) in [4.78, 5) is 23.4. The van der Waals surface area contributed by atoms with E-state index in [4.69, 9.17) is 5.73 Å². The van der Waals surface area contributed by atoms with Crippen molar-refractivity contribution < 1.29 is 9.59 Å². The summed E-state index contributed by atoms with van der Waals surface area (Å²) < 4.78 is 0. The fraction of sp³-hybridized carbons (Fsp3) is 0.846. The third-order valence-corrected chi connectivity index (χ3v) is 5.02. The Labute approximate surface area is 107 Å². The van der Waals surface area contributed by atoms with Crippen molar-refractivity contribution in [1.82, 2.24) is 10.9 Å². The van der Waals surface area contributed by atoms with E-state index in [9.17, 15) is 9.59 Å². The highest BCUT2D eigenvalue weighted by atomic mass is 16.2. The predicted octanol–water partition coefficient (Wildman–Crippen LogP) is 0.309. The van der Waals surface area contributed by atoms with Crippen LogP contribution in [0.5, 0.6) is 0 Å². The third kappa shape index (κ3) is 1.90. The van der Waals surface area contributed by atoms with E-state index in [0.717, 1.165) is 37.0 Å². The van der Waals surface area contributed by atoms with Gasteiger partial charge in [0.25, 0.3) is 5.91 Å². The van der Waals surface area contributed by atoms with Crippen molar-refractivity contribution >= 4 is 11.8 Å². The van der Waals surface area contributed by atoms with Crippen molar-refractivity contribution in [3.8, 4) is 0 Å². The summed E-state index contributed by atoms with van der Waals surface area (Å²) in [6.45, 7) is -0.0961. The Morgan fingerprint density at radius 1 is 1.00 bits per heavy atom. The van der Waals surface area contributed by atoms with Gasteiger partial charge < -0.3 is 5.73 Å². The van der Waals surface area contributed by atoms with Gasteiger partial charge in [0.05, 0.1) is 12.0 Å². The van der Waals surface area contributed by atoms with Gasteiger partial charge in [-0.15, -0.1) is 0 Å². The number of rotatable bonds is 2. The van der Waals surface area contributed by atoms with Crippen LogP contribution in [0.15, 0.2) is 0 Å². The van der Waals surface area contributed by atoms with Crippen LogP contribution in [0.25, 0.3) is 0 Å². The largest absolute Gasteiger partial charge is 0.322 e. The Morgan fingerprint density at radius 3 is 1.94 bits per heavy atom. The average molecular weight is 251 g/mol. The van der Waals surface area contributed by atoms with Gasteiger partial charge in [-0.3, -0.25) is 20.4 Å². The molecule has 4 aliphatic carbocycles. The van der Waals surface area contributed by atoms with E-state index in [0.29, 0.717) is 0 Å². The standard InChI is InChI=1S/C13H21N3O2/c14-7-11(17)15-16-12(18)13-4-8-1-9(5-13)3-10(2-8)6-13/h8-10H,1-7,14H2,(H,15,17)(H,16,18). The normalized spacial score (nSPS) is 40.6. The Kier molecular flexibility index (Phi) is 2.81. The first-order chi connectivity index (χ1) is 8.61. The lowest BCUT2D eigenvalue weighted by Crippen LogP contribution is -2.57. The molecule has 2 amide bonds. The molecule has 0 heterocycles. The smallest absolute Gasteiger partial charge is 0.252 e. The van der Waals surface area contributed by atoms with Crippen LogP contribution in [0.4, 0.5) is 0 Å². The average Bonchev–Trinajstić information content (AvgIpc) is 2.33. The maximum absolute atomic E-state index is 12.4. The van der Waals surface area contributed by atoms with E-state index >= 15 is 0 Å². The Balaban J connectivity index is 1.67. The molecule has 4 fully saturated rings. The zero-order valence-electron chi connectivity index (χ0n) is 10.6. The molecule has 0 aromatic heterocycles. The molecular formula is C13H21N3O2. The van der Waals surface area contributed by atoms with Gasteiger partial charge in [0.1, 0.15) is 0 Å². The van der Waals surface area contributed by atoms with Gasteiger partial charge in [-0.25, -0.2) is 0 Å². The summed E-state index contributed by atoms with van der Waals surface area (Å²) in [6.07, 6.45) is 6.93. The Hall–Kier alpha value is -1.10. The van der Waals surface area contributed by atoms with E-state index in [2.05, 4.69) is 10.9 Å². The van der Waals surface area contributed by atoms with Gasteiger partial charge in [-0.1, -0.05) is 0 Å². The molecule has 0 saturated heterocycles. The van der Waals surface area contributed by atoms with E-state index in [-0.39, 0.29) is 23.8 Å². The third-order valence-electron chi connectivity index (χ3n) is 5.02. The molecule has 0 aromatic carbocycles. The summed E-state index contributed by atoms with van der Waals surface area (Å²) >= 11 is 0. The molecule has 4 aliphatic rings. The van der Waals surface area contributed by atoms with Crippen LogP contribution in [-0.4, -0.2) is 18.4 Å². The lowest BCUT2D eigenvalue weighted by molar-refractivity contribution is -0.148. The van der Waals surface area contributed by atoms with Gasteiger partial charge in [-0.2, -0.15) is 0 Å². The van der Waals surface area contributed by atoms with Crippen LogP contribution in [0.2, 0.25) is 0 Å². The second kappa shape index (κ2) is 4.23. The van der Waals surface area contributed by atoms with Crippen molar-refractivity contribution in [2.75, 3.05) is 6.54 Å². The van der Waals surface area contributed by atoms with Gasteiger partial charge in [0.2, 0.25) is 5.91 Å². The quantitative estimate of drug-likeness (QED) is 0.617. The molecule has 4 bridgehead atoms. The second-order valence-corrected chi connectivity index (χ2v) is 6.40. The topological polar surface area (TPSA) is 84.2 Å². The van der Waals surface area contributed by atoms with Crippen molar-refractivity contribution in [1.29, 1.82) is 0 Å². The van der Waals surface area contributed by atoms with E-state index in [1.807, 2.05) is 0 Å². The first-order valence-corrected chi connectivity index (χ1v) is 6.90. The Bertz CT molecular complexity index is 345. The molecule has 4 N–H and O–H groups in total. The first-order valence-electron chi connectivity index (χ1n) is 6.90. The van der Waals surface area contributed by atoms with Gasteiger partial charge in [0, 0.05) is 0 Å². The van der Waals surface area contributed by atoms with Crippen LogP contribution in [0.1, 0.15) is 38.5 Å². The fourth-order valence-corrected chi connectivity index (χ4v) is 4.70. The molecule has 5 nitrogen and oxygen atoms in total. The lowest BCUT2D eigenvalue weighted by Gasteiger charge is -2.55. The van der Waals surface area contributed by atoms with Gasteiger partial charge >= 0.3 is 0 Å². The summed E-state index contributed by atoms with van der Waals surface area (Å²) in [5.74, 6) is 1.85. The number of hydrogen-bond donors (Lipinski definition) is 3. The van der Waals surface area contributed by atoms with Crippen LogP contribution >= 0.6 is 0 Å². The van der Waals surface area contributed by atoms with Crippen molar-refractivity contribution in [3.63, 3.8) is 0 Å². The minimum absolute atomic E-state index is 0.00315. The number of hydrogen-bond acceptors (Lipinski definition) is 3. The molecule has 0 spiro atoms. The zero-order valence-corrected chi connectivity index (χ0v) is 10.6. The molecular weight excluding hydrogens is 230 g/mol. The SMILES string of the molecule is NCC(=O)NNC(=O)C12CC3CC(CC(C3)C1)C2. The van der Waals surface area contributed by atoms with Crippen LogP contribution in [-0.2, 0) is 9.59 Å². The summed E-state index contributed by atoms with van der Waals surface area (Å²) in [7, 11) is 0. The molecule has 0 unspecified atom stereocenters. The maximum Gasteiger partial charge on any atom is 0.252 e. The highest BCUT2D eigenvalue weighted by Gasteiger charge is 2.54. The Morgan fingerprint density at radius 2 is 1.50 bits per heavy atom. The zero-order chi connectivity index (χ0) is 12.8. The monoisotopic (exact) mass is 251 g/mol. The minimum atomic E-state index is -0.340. The number of amides is 2. The first kappa shape index (κ1) is 12.0. The maximum atomic E-state index is 12.4. The fourth-order valence-electron chi connectivity index (χ4n) is 4.70. The van der Waals surface area contributed by atoms with Gasteiger partial charge in [-0.05, 0) is 56.3 Å². The van der Waals surface area contributed by atoms with Crippen molar-refractivity contribution in [2.24, 2.45) is 28.9 Å². The number of carbonyl (C=O) groups excluding carboxylic acids is 2. The molecule has 5 heteroatoms. The molecule has 0 atom stereocenters. The number of nitrogens with one attached hydrogen (secondary N) is 2. The van der Waals surface area contributed by atoms with Crippen LogP contribution < -0.4 is 16.6 Å². The van der Waals surface area contributed by atoms with Crippen LogP contribution in [0, 0.1) is 23.2 Å². The molecule has 4 saturated carbocycles. The molecule has 18 heavy (non-hydrogen) atoms. The van der Waals surface area contributed by atoms with Crippen molar-refractivity contribution in [3.05, 3.63) is 0 Å². The van der Waals surface area contributed by atoms with Crippen LogP contribution in [0.3, 0.4) is 0 Å². The summed E-state index contributed by atoms with van der Waals surface area (Å²) in [6, 6.07) is 0. The predicted molar refractivity (Wildman–Crippen MR) is 65.9 cm³/mol.